The van der Waals surface area contributed by atoms with E-state index in [-0.39, 0.29) is 0 Å². The topological polar surface area (TPSA) is 355 Å². The van der Waals surface area contributed by atoms with Crippen LogP contribution >= 0.6 is 0 Å². The number of ether oxygens (including phenoxy) is 2. The second-order valence-corrected chi connectivity index (χ2v) is 15.5. The summed E-state index contributed by atoms with van der Waals surface area (Å²) in [4.78, 5) is 42.3. The number of aromatic nitrogens is 20. The number of nitrogen functional groups attached to an aromatic ring is 2. The van der Waals surface area contributed by atoms with Crippen molar-refractivity contribution in [1.29, 1.82) is 0 Å². The maximum Gasteiger partial charge on any atom is 0.412 e. The standard InChI is InChI=1S/2C12H16N6O2.2C7H8N6/c1-8-15-16-17-18(8)10-6-5-9(7-13-10)14-11(19)20-12(2,3)4;1-8-15-17-18(16-8)10-6-5-9(7-13-10)14-11(19)20-12(2,3)4;1-5-10-11-12-13(5)7-3-2-6(8)4-9-7;1-5-10-12-13(11-5)7-3-2-6(8)4-9-7/h2*5-7H,1-4H3,(H,14,19);2*2-4H,8H2,1H3. The number of pyridine rings is 4. The predicted molar refractivity (Wildman–Crippen MR) is 235 cm³/mol. The number of carbonyl (C=O) groups is 2. The second kappa shape index (κ2) is 21.4. The maximum absolute atomic E-state index is 11.6. The van der Waals surface area contributed by atoms with Gasteiger partial charge in [-0.25, -0.2) is 29.5 Å². The van der Waals surface area contributed by atoms with Crippen molar-refractivity contribution in [2.75, 3.05) is 22.1 Å². The van der Waals surface area contributed by atoms with Crippen LogP contribution in [0.1, 0.15) is 64.8 Å². The lowest BCUT2D eigenvalue weighted by Crippen LogP contribution is -2.27. The number of anilines is 4. The van der Waals surface area contributed by atoms with Gasteiger partial charge in [-0.15, -0.1) is 40.2 Å². The average Bonchev–Trinajstić information content (AvgIpc) is 4.08. The van der Waals surface area contributed by atoms with Gasteiger partial charge in [0.15, 0.2) is 46.6 Å². The molecule has 66 heavy (non-hydrogen) atoms. The van der Waals surface area contributed by atoms with E-state index in [1.165, 1.54) is 26.7 Å². The number of carbonyl (C=O) groups excluding carboxylic acids is 2. The minimum absolute atomic E-state index is 0.514. The van der Waals surface area contributed by atoms with Crippen LogP contribution in [-0.2, 0) is 9.47 Å². The number of amides is 2. The monoisotopic (exact) mass is 904 g/mol. The van der Waals surface area contributed by atoms with Crippen molar-refractivity contribution in [2.24, 2.45) is 0 Å². The molecule has 0 spiro atoms. The van der Waals surface area contributed by atoms with Crippen LogP contribution in [0.3, 0.4) is 0 Å². The molecule has 28 heteroatoms. The summed E-state index contributed by atoms with van der Waals surface area (Å²) in [5.41, 5.74) is 12.2. The lowest BCUT2D eigenvalue weighted by molar-refractivity contribution is 0.0624. The van der Waals surface area contributed by atoms with Gasteiger partial charge in [0.05, 0.1) is 47.5 Å². The van der Waals surface area contributed by atoms with Gasteiger partial charge in [-0.1, -0.05) is 0 Å². The van der Waals surface area contributed by atoms with Gasteiger partial charge < -0.3 is 20.9 Å². The summed E-state index contributed by atoms with van der Waals surface area (Å²) in [7, 11) is 0. The molecule has 0 aromatic carbocycles. The Kier molecular flexibility index (Phi) is 15.6. The van der Waals surface area contributed by atoms with Gasteiger partial charge in [-0.2, -0.15) is 9.36 Å². The fourth-order valence-corrected chi connectivity index (χ4v) is 4.69. The maximum atomic E-state index is 11.6. The minimum atomic E-state index is -0.542. The van der Waals surface area contributed by atoms with Crippen LogP contribution in [0.15, 0.2) is 73.3 Å². The van der Waals surface area contributed by atoms with Crippen LogP contribution in [0.4, 0.5) is 32.3 Å². The van der Waals surface area contributed by atoms with E-state index in [2.05, 4.69) is 92.4 Å². The summed E-state index contributed by atoms with van der Waals surface area (Å²) in [6.07, 6.45) is 5.08. The molecule has 0 fully saturated rings. The Balaban J connectivity index is 0.000000168. The van der Waals surface area contributed by atoms with Crippen LogP contribution in [0.2, 0.25) is 0 Å². The average molecular weight is 905 g/mol. The Bertz CT molecular complexity index is 2770. The molecule has 0 bridgehead atoms. The van der Waals surface area contributed by atoms with Gasteiger partial charge in [0.1, 0.15) is 11.2 Å². The van der Waals surface area contributed by atoms with Crippen molar-refractivity contribution in [3.63, 3.8) is 0 Å². The van der Waals surface area contributed by atoms with Gasteiger partial charge in [-0.3, -0.25) is 10.6 Å². The molecule has 0 aliphatic heterocycles. The molecule has 0 saturated heterocycles. The van der Waals surface area contributed by atoms with Crippen molar-refractivity contribution in [3.05, 3.63) is 96.6 Å². The number of nitrogens with zero attached hydrogens (tertiary/aromatic N) is 20. The molecule has 2 amide bonds. The molecular weight excluding hydrogens is 857 g/mol. The number of rotatable bonds is 6. The molecule has 8 aromatic heterocycles. The summed E-state index contributed by atoms with van der Waals surface area (Å²) in [5, 5.41) is 50.5. The smallest absolute Gasteiger partial charge is 0.412 e. The molecule has 0 unspecified atom stereocenters. The summed E-state index contributed by atoms with van der Waals surface area (Å²) in [6.45, 7) is 17.9. The molecule has 0 aliphatic carbocycles. The highest BCUT2D eigenvalue weighted by Gasteiger charge is 2.18. The first kappa shape index (κ1) is 48.1. The lowest BCUT2D eigenvalue weighted by Gasteiger charge is -2.19. The van der Waals surface area contributed by atoms with Gasteiger partial charge in [0, 0.05) is 0 Å². The first-order valence-electron chi connectivity index (χ1n) is 19.6. The van der Waals surface area contributed by atoms with E-state index in [9.17, 15) is 9.59 Å². The third kappa shape index (κ3) is 15.1. The number of nitrogens with two attached hydrogens (primary N) is 2. The number of tetrazole rings is 4. The highest BCUT2D eigenvalue weighted by Crippen LogP contribution is 2.14. The summed E-state index contributed by atoms with van der Waals surface area (Å²) in [6, 6.07) is 13.8. The molecule has 8 rings (SSSR count). The molecule has 8 aromatic rings. The van der Waals surface area contributed by atoms with Gasteiger partial charge in [-0.05, 0) is 149 Å². The molecular formula is C38H48N24O4. The zero-order valence-electron chi connectivity index (χ0n) is 37.7. The third-order valence-corrected chi connectivity index (χ3v) is 7.45. The van der Waals surface area contributed by atoms with Crippen molar-refractivity contribution in [2.45, 2.75) is 80.4 Å². The molecule has 344 valence electrons. The van der Waals surface area contributed by atoms with Crippen LogP contribution in [0, 0.1) is 27.7 Å². The van der Waals surface area contributed by atoms with E-state index in [0.717, 1.165) is 0 Å². The molecule has 0 saturated carbocycles. The summed E-state index contributed by atoms with van der Waals surface area (Å²) < 4.78 is 13.3. The lowest BCUT2D eigenvalue weighted by atomic mass is 10.2. The Hall–Kier alpha value is -8.98. The summed E-state index contributed by atoms with van der Waals surface area (Å²) in [5.74, 6) is 4.85. The van der Waals surface area contributed by atoms with E-state index in [1.54, 1.807) is 135 Å². The molecule has 0 aliphatic rings. The molecule has 8 heterocycles. The predicted octanol–water partition coefficient (Wildman–Crippen LogP) is 3.32. The summed E-state index contributed by atoms with van der Waals surface area (Å²) >= 11 is 0. The number of aryl methyl sites for hydroxylation is 4. The quantitative estimate of drug-likeness (QED) is 0.186. The van der Waals surface area contributed by atoms with Crippen LogP contribution in [-0.4, -0.2) is 124 Å². The van der Waals surface area contributed by atoms with E-state index in [1.807, 2.05) is 0 Å². The van der Waals surface area contributed by atoms with E-state index >= 15 is 0 Å². The molecule has 6 N–H and O–H groups in total. The molecule has 0 radical (unpaired) electrons. The highest BCUT2D eigenvalue weighted by atomic mass is 16.6. The largest absolute Gasteiger partial charge is 0.444 e. The van der Waals surface area contributed by atoms with Crippen molar-refractivity contribution in [3.8, 4) is 23.3 Å². The Labute approximate surface area is 376 Å². The van der Waals surface area contributed by atoms with Gasteiger partial charge in [0.25, 0.3) is 0 Å². The minimum Gasteiger partial charge on any atom is -0.444 e. The number of hydrogen-bond acceptors (Lipinski definition) is 22. The number of nitrogens with one attached hydrogen (secondary N) is 2. The van der Waals surface area contributed by atoms with Crippen molar-refractivity contribution in [1.82, 2.24) is 101 Å². The van der Waals surface area contributed by atoms with Crippen molar-refractivity contribution >= 4 is 34.9 Å². The van der Waals surface area contributed by atoms with E-state index in [4.69, 9.17) is 20.9 Å². The first-order valence-corrected chi connectivity index (χ1v) is 19.6. The van der Waals surface area contributed by atoms with E-state index in [0.29, 0.717) is 69.3 Å². The zero-order valence-corrected chi connectivity index (χ0v) is 37.7. The first-order chi connectivity index (χ1) is 31.2. The van der Waals surface area contributed by atoms with Gasteiger partial charge >= 0.3 is 12.2 Å². The van der Waals surface area contributed by atoms with Crippen LogP contribution < -0.4 is 22.1 Å². The third-order valence-electron chi connectivity index (χ3n) is 7.45. The Morgan fingerprint density at radius 3 is 1.15 bits per heavy atom. The van der Waals surface area contributed by atoms with Crippen LogP contribution in [0.25, 0.3) is 23.3 Å². The van der Waals surface area contributed by atoms with E-state index < -0.39 is 23.4 Å². The highest BCUT2D eigenvalue weighted by molar-refractivity contribution is 5.85. The van der Waals surface area contributed by atoms with Crippen LogP contribution in [0.5, 0.6) is 0 Å². The number of hydrogen-bond donors (Lipinski definition) is 4. The molecule has 28 nitrogen and oxygen atoms in total. The Morgan fingerprint density at radius 2 is 0.864 bits per heavy atom. The SMILES string of the molecule is Cc1nnn(-c2ccc(N)cn2)n1.Cc1nnn(-c2ccc(NC(=O)OC(C)(C)C)cn2)n1.Cc1nnnn1-c1ccc(N)cn1.Cc1nnnn1-c1ccc(NC(=O)OC(C)(C)C)cn1. The van der Waals surface area contributed by atoms with Crippen molar-refractivity contribution < 1.29 is 19.1 Å². The zero-order chi connectivity index (χ0) is 48.0. The second-order valence-electron chi connectivity index (χ2n) is 15.5. The fourth-order valence-electron chi connectivity index (χ4n) is 4.69. The Morgan fingerprint density at radius 1 is 0.500 bits per heavy atom. The molecule has 0 atom stereocenters. The fraction of sp³-hybridized carbons (Fsp3) is 0.316. The normalized spacial score (nSPS) is 10.8. The van der Waals surface area contributed by atoms with Gasteiger partial charge in [0.2, 0.25) is 0 Å².